The normalized spacial score (nSPS) is 12.8. The molecular weight excluding hydrogens is 418 g/mol. The van der Waals surface area contributed by atoms with E-state index in [2.05, 4.69) is 16.2 Å². The number of rotatable bonds is 7. The molecule has 0 spiro atoms. The summed E-state index contributed by atoms with van der Waals surface area (Å²) in [5.41, 5.74) is 8.41. The van der Waals surface area contributed by atoms with Crippen LogP contribution in [0, 0.1) is 0 Å². The maximum absolute atomic E-state index is 13.1. The molecule has 2 amide bonds. The van der Waals surface area contributed by atoms with E-state index >= 15 is 0 Å². The molecule has 1 aliphatic heterocycles. The van der Waals surface area contributed by atoms with Crippen LogP contribution in [0.4, 0.5) is 0 Å². The lowest BCUT2D eigenvalue weighted by molar-refractivity contribution is -0.118. The maximum Gasteiger partial charge on any atom is 0.286 e. The number of hydrazine groups is 1. The van der Waals surface area contributed by atoms with Gasteiger partial charge >= 0.3 is 0 Å². The molecule has 0 saturated carbocycles. The topological polar surface area (TPSA) is 88.7 Å². The third kappa shape index (κ3) is 5.40. The number of fused-ring (bicyclic) bond motifs is 1. The molecule has 0 aromatic heterocycles. The van der Waals surface area contributed by atoms with Crippen molar-refractivity contribution in [3.8, 4) is 11.5 Å². The predicted molar refractivity (Wildman–Crippen MR) is 126 cm³/mol. The Labute approximate surface area is 191 Å². The minimum absolute atomic E-state index is 0.0683. The Hall–Kier alpha value is -4.52. The second-order valence-electron chi connectivity index (χ2n) is 7.14. The summed E-state index contributed by atoms with van der Waals surface area (Å²) in [7, 11) is 0. The van der Waals surface area contributed by atoms with Gasteiger partial charge in [-0.05, 0) is 48.4 Å². The third-order valence-corrected chi connectivity index (χ3v) is 4.92. The zero-order valence-electron chi connectivity index (χ0n) is 18.0. The summed E-state index contributed by atoms with van der Waals surface area (Å²) in [6.45, 7) is 2.01. The molecule has 0 fully saturated rings. The van der Waals surface area contributed by atoms with Gasteiger partial charge in [-0.2, -0.15) is 0 Å². The number of carbonyl (C=O) groups excluding carboxylic acids is 2. The fourth-order valence-electron chi connectivity index (χ4n) is 3.23. The number of nitrogens with one attached hydrogen (secondary N) is 3. The van der Waals surface area contributed by atoms with Gasteiger partial charge in [0.1, 0.15) is 5.70 Å². The molecular formula is C26H23N3O4. The minimum Gasteiger partial charge on any atom is -0.454 e. The van der Waals surface area contributed by atoms with Crippen molar-refractivity contribution in [2.75, 3.05) is 6.79 Å². The smallest absolute Gasteiger partial charge is 0.286 e. The molecule has 1 heterocycles. The maximum atomic E-state index is 13.1. The largest absolute Gasteiger partial charge is 0.454 e. The van der Waals surface area contributed by atoms with E-state index in [4.69, 9.17) is 9.47 Å². The van der Waals surface area contributed by atoms with Gasteiger partial charge < -0.3 is 14.8 Å². The molecule has 0 unspecified atom stereocenters. The number of hydrogen-bond donors (Lipinski definition) is 3. The fourth-order valence-corrected chi connectivity index (χ4v) is 3.23. The molecule has 0 saturated heterocycles. The summed E-state index contributed by atoms with van der Waals surface area (Å²) < 4.78 is 10.8. The van der Waals surface area contributed by atoms with Crippen molar-refractivity contribution in [2.24, 2.45) is 0 Å². The quantitative estimate of drug-likeness (QED) is 0.383. The minimum atomic E-state index is -0.507. The molecule has 0 bridgehead atoms. The van der Waals surface area contributed by atoms with Gasteiger partial charge in [-0.25, -0.2) is 0 Å². The highest BCUT2D eigenvalue weighted by atomic mass is 16.7. The Morgan fingerprint density at radius 3 is 2.18 bits per heavy atom. The van der Waals surface area contributed by atoms with Crippen LogP contribution in [0.5, 0.6) is 11.5 Å². The van der Waals surface area contributed by atoms with E-state index in [0.29, 0.717) is 22.6 Å². The van der Waals surface area contributed by atoms with E-state index in [0.717, 1.165) is 11.3 Å². The Kier molecular flexibility index (Phi) is 6.70. The molecule has 7 heteroatoms. The monoisotopic (exact) mass is 441 g/mol. The van der Waals surface area contributed by atoms with Crippen LogP contribution in [0.3, 0.4) is 0 Å². The molecule has 1 aliphatic rings. The van der Waals surface area contributed by atoms with E-state index in [1.165, 1.54) is 0 Å². The first-order chi connectivity index (χ1) is 16.1. The van der Waals surface area contributed by atoms with Crippen LogP contribution in [-0.2, 0) is 4.79 Å². The van der Waals surface area contributed by atoms with Crippen LogP contribution in [0.25, 0.3) is 11.8 Å². The standard InChI is InChI=1S/C26H23N3O4/c1-2-21(19-9-5-3-6-10-19)28-29-26(31)22(27-25(30)20-11-7-4-8-12-20)15-18-13-14-23-24(16-18)33-17-32-23/h2-16,28H,17H2,1H3,(H,27,30)(H,29,31)/b21-2-,22-15-. The molecule has 0 aliphatic carbocycles. The van der Waals surface area contributed by atoms with Crippen LogP contribution in [-0.4, -0.2) is 18.6 Å². The van der Waals surface area contributed by atoms with Crippen LogP contribution < -0.4 is 25.6 Å². The Balaban J connectivity index is 1.56. The van der Waals surface area contributed by atoms with Crippen LogP contribution in [0.1, 0.15) is 28.4 Å². The predicted octanol–water partition coefficient (Wildman–Crippen LogP) is 3.87. The van der Waals surface area contributed by atoms with E-state index in [-0.39, 0.29) is 12.5 Å². The molecule has 3 aromatic carbocycles. The molecule has 3 N–H and O–H groups in total. The van der Waals surface area contributed by atoms with E-state index < -0.39 is 11.8 Å². The number of hydrogen-bond acceptors (Lipinski definition) is 5. The molecule has 166 valence electrons. The number of allylic oxidation sites excluding steroid dienone is 1. The van der Waals surface area contributed by atoms with Crippen molar-refractivity contribution in [2.45, 2.75) is 6.92 Å². The molecule has 3 aromatic rings. The highest BCUT2D eigenvalue weighted by molar-refractivity contribution is 6.05. The average Bonchev–Trinajstić information content (AvgIpc) is 3.33. The second-order valence-corrected chi connectivity index (χ2v) is 7.14. The Morgan fingerprint density at radius 2 is 1.48 bits per heavy atom. The van der Waals surface area contributed by atoms with E-state index in [9.17, 15) is 9.59 Å². The van der Waals surface area contributed by atoms with E-state index in [1.54, 1.807) is 48.5 Å². The second kappa shape index (κ2) is 10.2. The van der Waals surface area contributed by atoms with Crippen molar-refractivity contribution in [3.63, 3.8) is 0 Å². The zero-order chi connectivity index (χ0) is 23.0. The lowest BCUT2D eigenvalue weighted by atomic mass is 10.1. The number of ether oxygens (including phenoxy) is 2. The SMILES string of the molecule is C/C=C(\NNC(=O)/C(=C/c1ccc2c(c1)OCO2)NC(=O)c1ccccc1)c1ccccc1. The number of amides is 2. The Bertz CT molecular complexity index is 1200. The van der Waals surface area contributed by atoms with Crippen molar-refractivity contribution >= 4 is 23.6 Å². The summed E-state index contributed by atoms with van der Waals surface area (Å²) in [4.78, 5) is 25.8. The van der Waals surface area contributed by atoms with Gasteiger partial charge in [-0.1, -0.05) is 60.7 Å². The average molecular weight is 441 g/mol. The van der Waals surface area contributed by atoms with Gasteiger partial charge in [-0.15, -0.1) is 0 Å². The highest BCUT2D eigenvalue weighted by Gasteiger charge is 2.17. The van der Waals surface area contributed by atoms with Crippen LogP contribution in [0.15, 0.2) is 90.6 Å². The van der Waals surface area contributed by atoms with Crippen molar-refractivity contribution in [1.29, 1.82) is 0 Å². The molecule has 0 atom stereocenters. The van der Waals surface area contributed by atoms with Crippen molar-refractivity contribution in [1.82, 2.24) is 16.2 Å². The van der Waals surface area contributed by atoms with Gasteiger partial charge in [0.15, 0.2) is 11.5 Å². The lowest BCUT2D eigenvalue weighted by Crippen LogP contribution is -2.41. The van der Waals surface area contributed by atoms with Gasteiger partial charge in [0.25, 0.3) is 11.8 Å². The summed E-state index contributed by atoms with van der Waals surface area (Å²) in [5, 5.41) is 2.71. The summed E-state index contributed by atoms with van der Waals surface area (Å²) in [5.74, 6) is 0.310. The van der Waals surface area contributed by atoms with Crippen molar-refractivity contribution in [3.05, 3.63) is 107 Å². The first kappa shape index (κ1) is 21.7. The van der Waals surface area contributed by atoms with Crippen LogP contribution in [0.2, 0.25) is 0 Å². The van der Waals surface area contributed by atoms with Crippen molar-refractivity contribution < 1.29 is 19.1 Å². The summed E-state index contributed by atoms with van der Waals surface area (Å²) in [6.07, 6.45) is 3.43. The van der Waals surface area contributed by atoms with Gasteiger partial charge in [0, 0.05) is 5.56 Å². The summed E-state index contributed by atoms with van der Waals surface area (Å²) in [6, 6.07) is 23.6. The lowest BCUT2D eigenvalue weighted by Gasteiger charge is -2.15. The fraction of sp³-hybridized carbons (Fsp3) is 0.0769. The first-order valence-corrected chi connectivity index (χ1v) is 10.4. The number of carbonyl (C=O) groups is 2. The molecule has 33 heavy (non-hydrogen) atoms. The zero-order valence-corrected chi connectivity index (χ0v) is 18.0. The van der Waals surface area contributed by atoms with Crippen LogP contribution >= 0.6 is 0 Å². The third-order valence-electron chi connectivity index (χ3n) is 4.92. The van der Waals surface area contributed by atoms with Gasteiger partial charge in [-0.3, -0.25) is 20.4 Å². The van der Waals surface area contributed by atoms with E-state index in [1.807, 2.05) is 49.4 Å². The number of benzene rings is 3. The summed E-state index contributed by atoms with van der Waals surface area (Å²) >= 11 is 0. The Morgan fingerprint density at radius 1 is 0.818 bits per heavy atom. The highest BCUT2D eigenvalue weighted by Crippen LogP contribution is 2.33. The molecule has 4 rings (SSSR count). The first-order valence-electron chi connectivity index (χ1n) is 10.4. The molecule has 7 nitrogen and oxygen atoms in total. The van der Waals surface area contributed by atoms with Gasteiger partial charge in [0.2, 0.25) is 6.79 Å². The molecule has 0 radical (unpaired) electrons. The van der Waals surface area contributed by atoms with Gasteiger partial charge in [0.05, 0.1) is 5.70 Å².